The maximum absolute atomic E-state index is 5.60. The molecule has 0 bridgehead atoms. The minimum Gasteiger partial charge on any atom is -0.376 e. The Balaban J connectivity index is 3.44. The molecule has 68 valence electrons. The first kappa shape index (κ1) is 11.7. The molecule has 0 saturated heterocycles. The molecule has 0 aliphatic carbocycles. The summed E-state index contributed by atoms with van der Waals surface area (Å²) in [5, 5.41) is 0. The zero-order valence-corrected chi connectivity index (χ0v) is 10.4. The molecule has 0 aromatic carbocycles. The van der Waals surface area contributed by atoms with Crippen molar-refractivity contribution in [2.45, 2.75) is 50.1 Å². The van der Waals surface area contributed by atoms with Crippen molar-refractivity contribution in [2.75, 3.05) is 6.61 Å². The van der Waals surface area contributed by atoms with Crippen molar-refractivity contribution in [3.8, 4) is 0 Å². The first-order chi connectivity index (χ1) is 4.71. The lowest BCUT2D eigenvalue weighted by Crippen LogP contribution is -2.23. The molecule has 0 rings (SSSR count). The van der Waals surface area contributed by atoms with Crippen LogP contribution >= 0.6 is 22.6 Å². The van der Waals surface area contributed by atoms with E-state index in [1.54, 1.807) is 0 Å². The maximum Gasteiger partial charge on any atom is 0.0598 e. The Morgan fingerprint density at radius 3 is 1.82 bits per heavy atom. The molecule has 0 aromatic heterocycles. The summed E-state index contributed by atoms with van der Waals surface area (Å²) in [6.07, 6.45) is 1.12. The smallest absolute Gasteiger partial charge is 0.0598 e. The molecule has 0 radical (unpaired) electrons. The molecule has 0 spiro atoms. The third-order valence-corrected chi connectivity index (χ3v) is 1.77. The Hall–Kier alpha value is 0.690. The SMILES string of the molecule is CC(C)(I)CCOC(C)(C)C. The highest BCUT2D eigenvalue weighted by Crippen LogP contribution is 2.22. The second-order valence-corrected chi connectivity index (χ2v) is 7.35. The van der Waals surface area contributed by atoms with Gasteiger partial charge >= 0.3 is 0 Å². The maximum atomic E-state index is 5.60. The molecule has 0 heterocycles. The van der Waals surface area contributed by atoms with E-state index in [9.17, 15) is 0 Å². The first-order valence-corrected chi connectivity index (χ1v) is 5.11. The van der Waals surface area contributed by atoms with Crippen LogP contribution in [0.2, 0.25) is 0 Å². The molecule has 0 aromatic rings. The number of halogens is 1. The van der Waals surface area contributed by atoms with Gasteiger partial charge in [0.1, 0.15) is 0 Å². The van der Waals surface area contributed by atoms with Gasteiger partial charge in [-0.3, -0.25) is 0 Å². The van der Waals surface area contributed by atoms with Crippen LogP contribution in [0.25, 0.3) is 0 Å². The van der Waals surface area contributed by atoms with Gasteiger partial charge in [0.25, 0.3) is 0 Å². The summed E-state index contributed by atoms with van der Waals surface area (Å²) in [7, 11) is 0. The molecule has 0 aliphatic rings. The van der Waals surface area contributed by atoms with Crippen LogP contribution in [0.15, 0.2) is 0 Å². The van der Waals surface area contributed by atoms with Gasteiger partial charge in [0.2, 0.25) is 0 Å². The molecule has 0 atom stereocenters. The van der Waals surface area contributed by atoms with Gasteiger partial charge in [0, 0.05) is 10.0 Å². The quantitative estimate of drug-likeness (QED) is 0.564. The third kappa shape index (κ3) is 10.7. The average Bonchev–Trinajstić information content (AvgIpc) is 1.55. The number of ether oxygens (including phenoxy) is 1. The number of hydrogen-bond donors (Lipinski definition) is 0. The average molecular weight is 270 g/mol. The van der Waals surface area contributed by atoms with E-state index >= 15 is 0 Å². The van der Waals surface area contributed by atoms with Crippen LogP contribution in [-0.2, 0) is 4.74 Å². The highest BCUT2D eigenvalue weighted by atomic mass is 127. The monoisotopic (exact) mass is 270 g/mol. The van der Waals surface area contributed by atoms with Crippen molar-refractivity contribution in [2.24, 2.45) is 0 Å². The summed E-state index contributed by atoms with van der Waals surface area (Å²) in [4.78, 5) is 0. The molecule has 1 nitrogen and oxygen atoms in total. The van der Waals surface area contributed by atoms with E-state index in [1.165, 1.54) is 0 Å². The Morgan fingerprint density at radius 2 is 1.55 bits per heavy atom. The largest absolute Gasteiger partial charge is 0.376 e. The lowest BCUT2D eigenvalue weighted by atomic mass is 10.1. The third-order valence-electron chi connectivity index (χ3n) is 1.23. The van der Waals surface area contributed by atoms with Crippen molar-refractivity contribution in [3.05, 3.63) is 0 Å². The van der Waals surface area contributed by atoms with Crippen molar-refractivity contribution in [1.82, 2.24) is 0 Å². The van der Waals surface area contributed by atoms with Crippen molar-refractivity contribution in [1.29, 1.82) is 0 Å². The van der Waals surface area contributed by atoms with Crippen molar-refractivity contribution < 1.29 is 4.74 Å². The molecular weight excluding hydrogens is 251 g/mol. The summed E-state index contributed by atoms with van der Waals surface area (Å²) < 4.78 is 5.96. The Bertz CT molecular complexity index is 93.7. The fourth-order valence-electron chi connectivity index (χ4n) is 0.600. The van der Waals surface area contributed by atoms with Gasteiger partial charge in [-0.2, -0.15) is 0 Å². The highest BCUT2D eigenvalue weighted by molar-refractivity contribution is 14.1. The first-order valence-electron chi connectivity index (χ1n) is 4.04. The predicted octanol–water partition coefficient (Wildman–Crippen LogP) is 3.41. The van der Waals surface area contributed by atoms with Crippen LogP contribution in [-0.4, -0.2) is 15.6 Å². The van der Waals surface area contributed by atoms with E-state index in [-0.39, 0.29) is 5.60 Å². The zero-order valence-electron chi connectivity index (χ0n) is 8.20. The van der Waals surface area contributed by atoms with E-state index < -0.39 is 0 Å². The topological polar surface area (TPSA) is 9.23 Å². The zero-order chi connectivity index (χ0) is 9.12. The molecule has 0 fully saturated rings. The van der Waals surface area contributed by atoms with Crippen molar-refractivity contribution in [3.63, 3.8) is 0 Å². The van der Waals surface area contributed by atoms with E-state index in [4.69, 9.17) is 4.74 Å². The summed E-state index contributed by atoms with van der Waals surface area (Å²) >= 11 is 2.45. The Morgan fingerprint density at radius 1 is 1.09 bits per heavy atom. The van der Waals surface area contributed by atoms with Crippen molar-refractivity contribution >= 4 is 22.6 Å². The summed E-state index contributed by atoms with van der Waals surface area (Å²) in [5.41, 5.74) is 0.0158. The van der Waals surface area contributed by atoms with E-state index in [1.807, 2.05) is 0 Å². The van der Waals surface area contributed by atoms with Crippen LogP contribution in [0.1, 0.15) is 41.0 Å². The number of hydrogen-bond acceptors (Lipinski definition) is 1. The summed E-state index contributed by atoms with van der Waals surface area (Å²) in [6, 6.07) is 0. The highest BCUT2D eigenvalue weighted by Gasteiger charge is 2.15. The minimum atomic E-state index is 0.0158. The second-order valence-electron chi connectivity index (χ2n) is 4.43. The molecular formula is C9H19IO. The Labute approximate surface area is 84.0 Å². The molecule has 0 aliphatic heterocycles. The van der Waals surface area contributed by atoms with E-state index in [0.29, 0.717) is 3.42 Å². The van der Waals surface area contributed by atoms with E-state index in [2.05, 4.69) is 57.2 Å². The van der Waals surface area contributed by atoms with Gasteiger partial charge in [0.15, 0.2) is 0 Å². The van der Waals surface area contributed by atoms with Crippen LogP contribution in [0.4, 0.5) is 0 Å². The van der Waals surface area contributed by atoms with E-state index in [0.717, 1.165) is 13.0 Å². The van der Waals surface area contributed by atoms with Crippen LogP contribution in [0.3, 0.4) is 0 Å². The van der Waals surface area contributed by atoms with Gasteiger partial charge in [-0.1, -0.05) is 36.4 Å². The standard InChI is InChI=1S/C9H19IO/c1-8(2,3)11-7-6-9(4,5)10/h6-7H2,1-5H3. The lowest BCUT2D eigenvalue weighted by Gasteiger charge is -2.22. The molecule has 0 unspecified atom stereocenters. The molecule has 2 heteroatoms. The summed E-state index contributed by atoms with van der Waals surface area (Å²) in [6.45, 7) is 11.6. The molecule has 0 N–H and O–H groups in total. The molecule has 0 amide bonds. The Kier molecular flexibility index (Phi) is 4.33. The van der Waals surface area contributed by atoms with Gasteiger partial charge in [0.05, 0.1) is 5.60 Å². The lowest BCUT2D eigenvalue weighted by molar-refractivity contribution is -0.00568. The normalized spacial score (nSPS) is 13.6. The minimum absolute atomic E-state index is 0.0158. The van der Waals surface area contributed by atoms with Gasteiger partial charge in [-0.05, 0) is 27.2 Å². The fraction of sp³-hybridized carbons (Fsp3) is 1.00. The molecule has 11 heavy (non-hydrogen) atoms. The second kappa shape index (κ2) is 4.08. The van der Waals surface area contributed by atoms with Gasteiger partial charge < -0.3 is 4.74 Å². The van der Waals surface area contributed by atoms with Crippen LogP contribution in [0, 0.1) is 0 Å². The fourth-order valence-corrected chi connectivity index (χ4v) is 0.820. The predicted molar refractivity (Wildman–Crippen MR) is 58.4 cm³/mol. The van der Waals surface area contributed by atoms with Crippen LogP contribution < -0.4 is 0 Å². The number of rotatable bonds is 3. The van der Waals surface area contributed by atoms with Gasteiger partial charge in [-0.15, -0.1) is 0 Å². The van der Waals surface area contributed by atoms with Gasteiger partial charge in [-0.25, -0.2) is 0 Å². The summed E-state index contributed by atoms with van der Waals surface area (Å²) in [5.74, 6) is 0. The van der Waals surface area contributed by atoms with Crippen LogP contribution in [0.5, 0.6) is 0 Å². The molecule has 0 saturated carbocycles. The number of alkyl halides is 1.